The Morgan fingerprint density at radius 3 is 2.76 bits per heavy atom. The molecule has 134 valence electrons. The summed E-state index contributed by atoms with van der Waals surface area (Å²) in [6, 6.07) is 6.16. The summed E-state index contributed by atoms with van der Waals surface area (Å²) in [5, 5.41) is 3.86. The molecule has 7 nitrogen and oxygen atoms in total. The number of aromatic nitrogens is 2. The second-order valence-electron chi connectivity index (χ2n) is 6.49. The predicted molar refractivity (Wildman–Crippen MR) is 95.0 cm³/mol. The van der Waals surface area contributed by atoms with Crippen molar-refractivity contribution < 1.29 is 14.3 Å². The van der Waals surface area contributed by atoms with Crippen molar-refractivity contribution >= 4 is 16.9 Å². The van der Waals surface area contributed by atoms with Crippen molar-refractivity contribution in [2.24, 2.45) is 0 Å². The zero-order chi connectivity index (χ0) is 17.8. The molecule has 0 saturated carbocycles. The van der Waals surface area contributed by atoms with Gasteiger partial charge in [0.15, 0.2) is 0 Å². The molecule has 1 N–H and O–H groups in total. The molecule has 1 saturated heterocycles. The number of likely N-dealkylation sites (tertiary alicyclic amines) is 1. The molecule has 1 aliphatic rings. The molecule has 2 amide bonds. The van der Waals surface area contributed by atoms with Gasteiger partial charge in [-0.1, -0.05) is 0 Å². The highest BCUT2D eigenvalue weighted by Gasteiger charge is 2.24. The average molecular weight is 344 g/mol. The maximum absolute atomic E-state index is 12.0. The number of hydrogen-bond acceptors (Lipinski definition) is 5. The van der Waals surface area contributed by atoms with Crippen molar-refractivity contribution in [1.29, 1.82) is 0 Å². The lowest BCUT2D eigenvalue weighted by molar-refractivity contribution is 0.103. The van der Waals surface area contributed by atoms with E-state index >= 15 is 0 Å². The van der Waals surface area contributed by atoms with Crippen LogP contribution in [0.15, 0.2) is 24.4 Å². The van der Waals surface area contributed by atoms with E-state index in [-0.39, 0.29) is 18.2 Å². The Hall–Kier alpha value is -2.57. The van der Waals surface area contributed by atoms with E-state index in [1.807, 2.05) is 36.9 Å². The van der Waals surface area contributed by atoms with Crippen LogP contribution in [0, 0.1) is 0 Å². The number of ether oxygens (including phenoxy) is 2. The molecule has 0 spiro atoms. The number of amides is 2. The Labute approximate surface area is 147 Å². The van der Waals surface area contributed by atoms with Gasteiger partial charge in [-0.2, -0.15) is 4.98 Å². The molecule has 0 bridgehead atoms. The molecule has 1 aromatic heterocycles. The number of fused-ring (bicyclic) bond motifs is 1. The second kappa shape index (κ2) is 7.55. The van der Waals surface area contributed by atoms with Crippen molar-refractivity contribution in [3.8, 4) is 11.8 Å². The van der Waals surface area contributed by atoms with Gasteiger partial charge in [-0.05, 0) is 26.0 Å². The number of nitrogens with one attached hydrogen (secondary N) is 1. The molecule has 25 heavy (non-hydrogen) atoms. The van der Waals surface area contributed by atoms with E-state index in [1.165, 1.54) is 0 Å². The van der Waals surface area contributed by atoms with Gasteiger partial charge in [0, 0.05) is 49.6 Å². The number of piperidine rings is 1. The van der Waals surface area contributed by atoms with Crippen LogP contribution in [0.25, 0.3) is 10.9 Å². The molecule has 0 atom stereocenters. The first kappa shape index (κ1) is 17.3. The minimum Gasteiger partial charge on any atom is -0.497 e. The number of rotatable bonds is 4. The Balaban J connectivity index is 1.60. The maximum atomic E-state index is 12.0. The fourth-order valence-corrected chi connectivity index (χ4v) is 2.83. The molecule has 2 aromatic rings. The quantitative estimate of drug-likeness (QED) is 0.922. The number of carbonyl (C=O) groups excluding carboxylic acids is 1. The minimum atomic E-state index is -0.0116. The summed E-state index contributed by atoms with van der Waals surface area (Å²) in [7, 11) is 1.63. The van der Waals surface area contributed by atoms with Crippen molar-refractivity contribution in [3.63, 3.8) is 0 Å². The molecule has 1 aliphatic heterocycles. The SMILES string of the molecule is COc1ccc2cnc(OC3CCN(C(=O)NC(C)C)CC3)nc2c1. The topological polar surface area (TPSA) is 76.6 Å². The van der Waals surface area contributed by atoms with E-state index in [2.05, 4.69) is 15.3 Å². The lowest BCUT2D eigenvalue weighted by atomic mass is 10.1. The predicted octanol–water partition coefficient (Wildman–Crippen LogP) is 2.60. The third kappa shape index (κ3) is 4.29. The highest BCUT2D eigenvalue weighted by atomic mass is 16.5. The van der Waals surface area contributed by atoms with E-state index < -0.39 is 0 Å². The molecule has 1 fully saturated rings. The monoisotopic (exact) mass is 344 g/mol. The molecular weight excluding hydrogens is 320 g/mol. The van der Waals surface area contributed by atoms with Crippen molar-refractivity contribution in [1.82, 2.24) is 20.2 Å². The van der Waals surface area contributed by atoms with Gasteiger partial charge in [-0.3, -0.25) is 0 Å². The van der Waals surface area contributed by atoms with E-state index in [0.717, 1.165) is 29.5 Å². The Morgan fingerprint density at radius 1 is 1.32 bits per heavy atom. The van der Waals surface area contributed by atoms with E-state index in [0.29, 0.717) is 19.1 Å². The van der Waals surface area contributed by atoms with Crippen LogP contribution < -0.4 is 14.8 Å². The Bertz CT molecular complexity index is 742. The molecule has 0 unspecified atom stereocenters. The van der Waals surface area contributed by atoms with Gasteiger partial charge in [0.1, 0.15) is 11.9 Å². The van der Waals surface area contributed by atoms with Crippen LogP contribution in [-0.4, -0.2) is 53.2 Å². The Morgan fingerprint density at radius 2 is 2.08 bits per heavy atom. The largest absolute Gasteiger partial charge is 0.497 e. The summed E-state index contributed by atoms with van der Waals surface area (Å²) in [4.78, 5) is 22.6. The summed E-state index contributed by atoms with van der Waals surface area (Å²) in [6.07, 6.45) is 3.31. The lowest BCUT2D eigenvalue weighted by Crippen LogP contribution is -2.48. The first-order valence-electron chi connectivity index (χ1n) is 8.58. The number of urea groups is 1. The summed E-state index contributed by atoms with van der Waals surface area (Å²) in [5.74, 6) is 0.752. The highest BCUT2D eigenvalue weighted by Crippen LogP contribution is 2.22. The molecule has 3 rings (SSSR count). The third-order valence-electron chi connectivity index (χ3n) is 4.18. The summed E-state index contributed by atoms with van der Waals surface area (Å²) >= 11 is 0. The maximum Gasteiger partial charge on any atom is 0.317 e. The lowest BCUT2D eigenvalue weighted by Gasteiger charge is -2.32. The van der Waals surface area contributed by atoms with Crippen molar-refractivity contribution in [2.75, 3.05) is 20.2 Å². The molecule has 7 heteroatoms. The highest BCUT2D eigenvalue weighted by molar-refractivity contribution is 5.79. The molecule has 0 aliphatic carbocycles. The van der Waals surface area contributed by atoms with Crippen LogP contribution in [0.3, 0.4) is 0 Å². The minimum absolute atomic E-state index is 0.0116. The number of methoxy groups -OCH3 is 1. The smallest absolute Gasteiger partial charge is 0.317 e. The normalized spacial score (nSPS) is 15.4. The van der Waals surface area contributed by atoms with Gasteiger partial charge in [0.25, 0.3) is 0 Å². The van der Waals surface area contributed by atoms with Crippen LogP contribution in [0.2, 0.25) is 0 Å². The fourth-order valence-electron chi connectivity index (χ4n) is 2.83. The fraction of sp³-hybridized carbons (Fsp3) is 0.500. The van der Waals surface area contributed by atoms with E-state index in [9.17, 15) is 4.79 Å². The van der Waals surface area contributed by atoms with Crippen molar-refractivity contribution in [2.45, 2.75) is 38.8 Å². The van der Waals surface area contributed by atoms with E-state index in [4.69, 9.17) is 9.47 Å². The summed E-state index contributed by atoms with van der Waals surface area (Å²) in [5.41, 5.74) is 0.790. The van der Waals surface area contributed by atoms with Crippen LogP contribution >= 0.6 is 0 Å². The van der Waals surface area contributed by atoms with Crippen LogP contribution in [0.5, 0.6) is 11.8 Å². The zero-order valence-corrected chi connectivity index (χ0v) is 14.9. The van der Waals surface area contributed by atoms with Gasteiger partial charge in [-0.15, -0.1) is 0 Å². The van der Waals surface area contributed by atoms with Gasteiger partial charge in [0.2, 0.25) is 0 Å². The number of benzene rings is 1. The first-order chi connectivity index (χ1) is 12.0. The average Bonchev–Trinajstić information content (AvgIpc) is 2.61. The van der Waals surface area contributed by atoms with Gasteiger partial charge in [0.05, 0.1) is 12.6 Å². The second-order valence-corrected chi connectivity index (χ2v) is 6.49. The zero-order valence-electron chi connectivity index (χ0n) is 14.9. The molecule has 0 radical (unpaired) electrons. The first-order valence-corrected chi connectivity index (χ1v) is 8.58. The van der Waals surface area contributed by atoms with Gasteiger partial charge in [-0.25, -0.2) is 9.78 Å². The van der Waals surface area contributed by atoms with Crippen LogP contribution in [-0.2, 0) is 0 Å². The Kier molecular flexibility index (Phi) is 5.21. The number of hydrogen-bond donors (Lipinski definition) is 1. The van der Waals surface area contributed by atoms with Crippen LogP contribution in [0.4, 0.5) is 4.79 Å². The van der Waals surface area contributed by atoms with Gasteiger partial charge >= 0.3 is 12.0 Å². The van der Waals surface area contributed by atoms with Crippen molar-refractivity contribution in [3.05, 3.63) is 24.4 Å². The third-order valence-corrected chi connectivity index (χ3v) is 4.18. The van der Waals surface area contributed by atoms with Gasteiger partial charge < -0.3 is 19.7 Å². The van der Waals surface area contributed by atoms with Crippen LogP contribution in [0.1, 0.15) is 26.7 Å². The summed E-state index contributed by atoms with van der Waals surface area (Å²) < 4.78 is 11.2. The standard InChI is InChI=1S/C18H24N4O3/c1-12(2)20-18(23)22-8-6-14(7-9-22)25-17-19-11-13-4-5-15(24-3)10-16(13)21-17/h4-5,10-12,14H,6-9H2,1-3H3,(H,20,23). The number of carbonyl (C=O) groups is 1. The molecule has 1 aromatic carbocycles. The number of nitrogens with zero attached hydrogens (tertiary/aromatic N) is 3. The molecule has 2 heterocycles. The van der Waals surface area contributed by atoms with E-state index in [1.54, 1.807) is 13.3 Å². The molecular formula is C18H24N4O3. The summed E-state index contributed by atoms with van der Waals surface area (Å²) in [6.45, 7) is 5.26.